The predicted octanol–water partition coefficient (Wildman–Crippen LogP) is 3.04. The Morgan fingerprint density at radius 2 is 1.67 bits per heavy atom. The van der Waals surface area contributed by atoms with Crippen molar-refractivity contribution < 1.29 is 38.3 Å². The summed E-state index contributed by atoms with van der Waals surface area (Å²) in [6.45, 7) is 9.64. The minimum Gasteiger partial charge on any atom is -0.462 e. The lowest BCUT2D eigenvalue weighted by Gasteiger charge is -2.50. The summed E-state index contributed by atoms with van der Waals surface area (Å²) < 4.78 is 22.9. The Labute approximate surface area is 177 Å². The maximum Gasteiger partial charge on any atom is 0.345 e. The number of ether oxygens (including phenoxy) is 4. The summed E-state index contributed by atoms with van der Waals surface area (Å²) in [7, 11) is 0. The van der Waals surface area contributed by atoms with Crippen molar-refractivity contribution in [2.24, 2.45) is 17.8 Å². The van der Waals surface area contributed by atoms with E-state index >= 15 is 0 Å². The van der Waals surface area contributed by atoms with E-state index < -0.39 is 35.2 Å². The quantitative estimate of drug-likeness (QED) is 0.219. The van der Waals surface area contributed by atoms with E-state index in [1.807, 2.05) is 13.8 Å². The van der Waals surface area contributed by atoms with E-state index in [4.69, 9.17) is 28.7 Å². The van der Waals surface area contributed by atoms with Gasteiger partial charge in [0.15, 0.2) is 11.9 Å². The van der Waals surface area contributed by atoms with Crippen LogP contribution in [0.3, 0.4) is 0 Å². The van der Waals surface area contributed by atoms with Gasteiger partial charge in [0.05, 0.1) is 18.8 Å². The van der Waals surface area contributed by atoms with Crippen LogP contribution in [0.2, 0.25) is 0 Å². The molecule has 0 aromatic heterocycles. The first kappa shape index (κ1) is 21.7. The fourth-order valence-corrected chi connectivity index (χ4v) is 5.79. The van der Waals surface area contributed by atoms with Crippen LogP contribution < -0.4 is 0 Å². The molecule has 1 unspecified atom stereocenters. The molecule has 4 aliphatic heterocycles. The summed E-state index contributed by atoms with van der Waals surface area (Å²) in [6.07, 6.45) is 4.31. The molecule has 7 atom stereocenters. The topological polar surface area (TPSA) is 89.5 Å². The molecule has 8 heteroatoms. The van der Waals surface area contributed by atoms with E-state index in [2.05, 4.69) is 6.92 Å². The van der Waals surface area contributed by atoms with E-state index in [1.165, 1.54) is 0 Å². The molecule has 5 rings (SSSR count). The van der Waals surface area contributed by atoms with Gasteiger partial charge in [-0.15, -0.1) is 0 Å². The Bertz CT molecular complexity index is 729. The van der Waals surface area contributed by atoms with E-state index in [1.54, 1.807) is 19.9 Å². The van der Waals surface area contributed by atoms with Crippen molar-refractivity contribution in [3.63, 3.8) is 0 Å². The first-order valence-electron chi connectivity index (χ1n) is 11.0. The standard InChI is InChI=1S/C22H32O8/c1-6-25-17(23)14(18(24)26-7-2)12-20(4)16-9-8-13(3)15-10-11-21(5)28-19(27-20)22(15,16)30-29-21/h12-13,15-16,19H,6-11H2,1-5H3/t13-,15+,16?,19-,20-,21-,22-/m1/s1. The number of hydrogen-bond acceptors (Lipinski definition) is 8. The number of rotatable bonds is 5. The normalized spacial score (nSPS) is 44.0. The third-order valence-electron chi connectivity index (χ3n) is 7.19. The summed E-state index contributed by atoms with van der Waals surface area (Å²) in [4.78, 5) is 37.0. The smallest absolute Gasteiger partial charge is 0.345 e. The third kappa shape index (κ3) is 3.20. The van der Waals surface area contributed by atoms with E-state index in [9.17, 15) is 9.59 Å². The van der Waals surface area contributed by atoms with Crippen LogP contribution in [0.1, 0.15) is 60.3 Å². The number of esters is 2. The minimum absolute atomic E-state index is 0.154. The Hall–Kier alpha value is -1.48. The van der Waals surface area contributed by atoms with Crippen LogP contribution in [-0.4, -0.2) is 48.4 Å². The van der Waals surface area contributed by atoms with Gasteiger partial charge in [0.25, 0.3) is 0 Å². The average molecular weight is 424 g/mol. The SMILES string of the molecule is CCOC(=O)C(=C[C@@]1(C)O[C@@H]2O[C@@]3(C)CC[C@H]4[C@H](C)CCC1[C@@]24OO3)C(=O)OCC. The number of carbonyl (C=O) groups excluding carboxylic acids is 2. The highest BCUT2D eigenvalue weighted by Gasteiger charge is 2.73. The molecule has 5 fully saturated rings. The highest BCUT2D eigenvalue weighted by atomic mass is 17.3. The zero-order valence-corrected chi connectivity index (χ0v) is 18.4. The molecule has 4 saturated heterocycles. The maximum atomic E-state index is 12.6. The fraction of sp³-hybridized carbons (Fsp3) is 0.818. The van der Waals surface area contributed by atoms with Gasteiger partial charge in [0.2, 0.25) is 5.79 Å². The Balaban J connectivity index is 1.77. The molecule has 1 spiro atoms. The van der Waals surface area contributed by atoms with Gasteiger partial charge in [-0.25, -0.2) is 19.4 Å². The fourth-order valence-electron chi connectivity index (χ4n) is 5.79. The first-order valence-corrected chi connectivity index (χ1v) is 11.0. The van der Waals surface area contributed by atoms with Crippen molar-refractivity contribution in [3.8, 4) is 0 Å². The molecule has 0 amide bonds. The van der Waals surface area contributed by atoms with Crippen LogP contribution >= 0.6 is 0 Å². The van der Waals surface area contributed by atoms with Crippen LogP contribution in [0, 0.1) is 17.8 Å². The van der Waals surface area contributed by atoms with Gasteiger partial charge >= 0.3 is 11.9 Å². The number of fused-ring (bicyclic) bond motifs is 2. The minimum atomic E-state index is -0.982. The van der Waals surface area contributed by atoms with Crippen LogP contribution in [0.5, 0.6) is 0 Å². The molecule has 1 saturated carbocycles. The molecule has 168 valence electrons. The maximum absolute atomic E-state index is 12.6. The number of hydrogen-bond donors (Lipinski definition) is 0. The molecule has 2 bridgehead atoms. The lowest BCUT2D eigenvalue weighted by atomic mass is 9.59. The monoisotopic (exact) mass is 424 g/mol. The molecule has 1 aliphatic carbocycles. The lowest BCUT2D eigenvalue weighted by Crippen LogP contribution is -2.61. The zero-order valence-electron chi connectivity index (χ0n) is 18.4. The van der Waals surface area contributed by atoms with Crippen molar-refractivity contribution in [2.45, 2.75) is 83.6 Å². The van der Waals surface area contributed by atoms with E-state index in [0.717, 1.165) is 25.7 Å². The molecule has 8 nitrogen and oxygen atoms in total. The summed E-state index contributed by atoms with van der Waals surface area (Å²) >= 11 is 0. The van der Waals surface area contributed by atoms with Crippen LogP contribution in [0.15, 0.2) is 11.6 Å². The Kier molecular flexibility index (Phi) is 5.50. The second kappa shape index (κ2) is 7.58. The van der Waals surface area contributed by atoms with Crippen molar-refractivity contribution >= 4 is 11.9 Å². The molecule has 5 aliphatic rings. The molecule has 0 N–H and O–H groups in total. The molecular weight excluding hydrogens is 392 g/mol. The lowest BCUT2D eigenvalue weighted by molar-refractivity contribution is -0.541. The third-order valence-corrected chi connectivity index (χ3v) is 7.19. The van der Waals surface area contributed by atoms with Gasteiger partial charge in [0, 0.05) is 12.3 Å². The zero-order chi connectivity index (χ0) is 21.7. The molecule has 0 radical (unpaired) electrons. The Morgan fingerprint density at radius 3 is 2.30 bits per heavy atom. The summed E-state index contributed by atoms with van der Waals surface area (Å²) in [5.41, 5.74) is -1.93. The Morgan fingerprint density at radius 1 is 1.00 bits per heavy atom. The second-order valence-corrected chi connectivity index (χ2v) is 9.16. The van der Waals surface area contributed by atoms with Gasteiger partial charge in [-0.3, -0.25) is 0 Å². The highest BCUT2D eigenvalue weighted by Crippen LogP contribution is 2.63. The van der Waals surface area contributed by atoms with Crippen molar-refractivity contribution in [1.29, 1.82) is 0 Å². The average Bonchev–Trinajstić information content (AvgIpc) is 2.78. The second-order valence-electron chi connectivity index (χ2n) is 9.16. The molecule has 0 aromatic rings. The van der Waals surface area contributed by atoms with E-state index in [-0.39, 0.29) is 30.6 Å². The summed E-state index contributed by atoms with van der Waals surface area (Å²) in [6, 6.07) is 0. The largest absolute Gasteiger partial charge is 0.462 e. The van der Waals surface area contributed by atoms with Crippen LogP contribution in [-0.2, 0) is 38.3 Å². The predicted molar refractivity (Wildman–Crippen MR) is 104 cm³/mol. The number of carbonyl (C=O) groups is 2. The molecule has 4 heterocycles. The van der Waals surface area contributed by atoms with Gasteiger partial charge in [-0.2, -0.15) is 0 Å². The van der Waals surface area contributed by atoms with Gasteiger partial charge in [-0.05, 0) is 64.9 Å². The van der Waals surface area contributed by atoms with Crippen molar-refractivity contribution in [3.05, 3.63) is 11.6 Å². The molecule has 0 aromatic carbocycles. The van der Waals surface area contributed by atoms with Gasteiger partial charge in [0.1, 0.15) is 5.57 Å². The van der Waals surface area contributed by atoms with E-state index in [0.29, 0.717) is 5.92 Å². The summed E-state index contributed by atoms with van der Waals surface area (Å²) in [5, 5.41) is 0. The van der Waals surface area contributed by atoms with Crippen molar-refractivity contribution in [2.75, 3.05) is 13.2 Å². The van der Waals surface area contributed by atoms with Gasteiger partial charge in [-0.1, -0.05) is 6.92 Å². The molecule has 30 heavy (non-hydrogen) atoms. The van der Waals surface area contributed by atoms with Crippen molar-refractivity contribution in [1.82, 2.24) is 0 Å². The van der Waals surface area contributed by atoms with Gasteiger partial charge < -0.3 is 18.9 Å². The van der Waals surface area contributed by atoms with Crippen LogP contribution in [0.4, 0.5) is 0 Å². The molecular formula is C22H32O8. The highest BCUT2D eigenvalue weighted by molar-refractivity contribution is 6.14. The van der Waals surface area contributed by atoms with Crippen LogP contribution in [0.25, 0.3) is 0 Å². The summed E-state index contributed by atoms with van der Waals surface area (Å²) in [5.74, 6) is -1.87. The first-order chi connectivity index (χ1) is 14.2.